The zero-order valence-corrected chi connectivity index (χ0v) is 13.1. The Morgan fingerprint density at radius 1 is 1.25 bits per heavy atom. The highest BCUT2D eigenvalue weighted by atomic mass is 32.2. The van der Waals surface area contributed by atoms with E-state index in [0.29, 0.717) is 23.8 Å². The van der Waals surface area contributed by atoms with Gasteiger partial charge in [0.2, 0.25) is 10.0 Å². The molecule has 1 aromatic carbocycles. The minimum absolute atomic E-state index is 0.00896. The van der Waals surface area contributed by atoms with Gasteiger partial charge in [0.05, 0.1) is 11.5 Å². The Morgan fingerprint density at radius 3 is 2.45 bits per heavy atom. The molecule has 0 spiro atoms. The van der Waals surface area contributed by atoms with Crippen molar-refractivity contribution in [1.29, 1.82) is 0 Å². The van der Waals surface area contributed by atoms with Crippen LogP contribution in [0.5, 0.6) is 5.75 Å². The van der Waals surface area contributed by atoms with E-state index >= 15 is 0 Å². The van der Waals surface area contributed by atoms with Gasteiger partial charge in [0.1, 0.15) is 5.75 Å². The highest BCUT2D eigenvalue weighted by Gasteiger charge is 2.32. The van der Waals surface area contributed by atoms with E-state index in [0.717, 1.165) is 13.1 Å². The monoisotopic (exact) mass is 298 g/mol. The topological polar surface area (TPSA) is 49.9 Å². The minimum Gasteiger partial charge on any atom is -0.494 e. The lowest BCUT2D eigenvalue weighted by Gasteiger charge is -2.37. The number of piperazine rings is 1. The number of sulfonamides is 1. The predicted octanol–water partition coefficient (Wildman–Crippen LogP) is 1.41. The Balaban J connectivity index is 2.21. The van der Waals surface area contributed by atoms with Crippen molar-refractivity contribution in [3.63, 3.8) is 0 Å². The van der Waals surface area contributed by atoms with Crippen LogP contribution in [-0.4, -0.2) is 57.0 Å². The highest BCUT2D eigenvalue weighted by molar-refractivity contribution is 7.89. The van der Waals surface area contributed by atoms with Crippen LogP contribution in [0.25, 0.3) is 0 Å². The zero-order chi connectivity index (χ0) is 14.8. The summed E-state index contributed by atoms with van der Waals surface area (Å²) in [5.74, 6) is 0.692. The molecule has 0 aliphatic carbocycles. The third kappa shape index (κ3) is 3.13. The standard InChI is InChI=1S/C14H22N2O3S/c1-4-19-13-5-7-14(8-6-13)20(17,18)16-10-9-15(3)11-12(16)2/h5-8,12H,4,9-11H2,1-3H3. The highest BCUT2D eigenvalue weighted by Crippen LogP contribution is 2.23. The maximum atomic E-state index is 12.6. The summed E-state index contributed by atoms with van der Waals surface area (Å²) in [5, 5.41) is 0. The Labute approximate surface area is 121 Å². The zero-order valence-electron chi connectivity index (χ0n) is 12.2. The fourth-order valence-electron chi connectivity index (χ4n) is 2.49. The first-order valence-electron chi connectivity index (χ1n) is 6.88. The summed E-state index contributed by atoms with van der Waals surface area (Å²) in [4.78, 5) is 2.48. The van der Waals surface area contributed by atoms with E-state index in [9.17, 15) is 8.42 Å². The van der Waals surface area contributed by atoms with Gasteiger partial charge in [0, 0.05) is 25.7 Å². The molecule has 1 unspecified atom stereocenters. The summed E-state index contributed by atoms with van der Waals surface area (Å²) in [6, 6.07) is 6.63. The van der Waals surface area contributed by atoms with Gasteiger partial charge < -0.3 is 9.64 Å². The molecule has 112 valence electrons. The van der Waals surface area contributed by atoms with Crippen molar-refractivity contribution in [2.45, 2.75) is 24.8 Å². The minimum atomic E-state index is -3.42. The molecule has 6 heteroatoms. The van der Waals surface area contributed by atoms with Gasteiger partial charge in [-0.05, 0) is 45.2 Å². The lowest BCUT2D eigenvalue weighted by Crippen LogP contribution is -2.52. The molecule has 0 saturated carbocycles. The van der Waals surface area contributed by atoms with Gasteiger partial charge in [-0.3, -0.25) is 0 Å². The molecule has 5 nitrogen and oxygen atoms in total. The van der Waals surface area contributed by atoms with Crippen molar-refractivity contribution in [1.82, 2.24) is 9.21 Å². The maximum absolute atomic E-state index is 12.6. The van der Waals surface area contributed by atoms with E-state index in [2.05, 4.69) is 4.90 Å². The number of hydrogen-bond acceptors (Lipinski definition) is 4. The molecule has 0 bridgehead atoms. The summed E-state index contributed by atoms with van der Waals surface area (Å²) >= 11 is 0. The number of ether oxygens (including phenoxy) is 1. The van der Waals surface area contributed by atoms with Gasteiger partial charge in [-0.1, -0.05) is 0 Å². The van der Waals surface area contributed by atoms with Crippen LogP contribution in [0.2, 0.25) is 0 Å². The Bertz CT molecular complexity index is 542. The Morgan fingerprint density at radius 2 is 1.90 bits per heavy atom. The smallest absolute Gasteiger partial charge is 0.243 e. The van der Waals surface area contributed by atoms with Crippen LogP contribution in [0.1, 0.15) is 13.8 Å². The van der Waals surface area contributed by atoms with Crippen LogP contribution < -0.4 is 4.74 Å². The van der Waals surface area contributed by atoms with Crippen molar-refractivity contribution in [2.75, 3.05) is 33.3 Å². The molecule has 2 rings (SSSR count). The fraction of sp³-hybridized carbons (Fsp3) is 0.571. The first-order chi connectivity index (χ1) is 9.45. The summed E-state index contributed by atoms with van der Waals surface area (Å²) < 4.78 is 32.2. The molecule has 1 saturated heterocycles. The van der Waals surface area contributed by atoms with E-state index < -0.39 is 10.0 Å². The number of likely N-dealkylation sites (N-methyl/N-ethyl adjacent to an activating group) is 1. The predicted molar refractivity (Wildman–Crippen MR) is 78.5 cm³/mol. The third-order valence-corrected chi connectivity index (χ3v) is 5.54. The van der Waals surface area contributed by atoms with Crippen LogP contribution in [0.3, 0.4) is 0 Å². The van der Waals surface area contributed by atoms with E-state index in [1.165, 1.54) is 0 Å². The molecule has 0 radical (unpaired) electrons. The normalized spacial score (nSPS) is 21.9. The molecule has 1 aromatic rings. The first-order valence-corrected chi connectivity index (χ1v) is 8.32. The van der Waals surface area contributed by atoms with Gasteiger partial charge in [-0.15, -0.1) is 0 Å². The summed E-state index contributed by atoms with van der Waals surface area (Å²) in [7, 11) is -1.40. The second kappa shape index (κ2) is 6.11. The molecular formula is C14H22N2O3S. The van der Waals surface area contributed by atoms with Crippen LogP contribution in [0.15, 0.2) is 29.2 Å². The van der Waals surface area contributed by atoms with Crippen molar-refractivity contribution in [3.05, 3.63) is 24.3 Å². The SMILES string of the molecule is CCOc1ccc(S(=O)(=O)N2CCN(C)CC2C)cc1. The fourth-order valence-corrected chi connectivity index (χ4v) is 4.10. The molecule has 1 aliphatic rings. The van der Waals surface area contributed by atoms with Gasteiger partial charge in [-0.25, -0.2) is 8.42 Å². The average molecular weight is 298 g/mol. The van der Waals surface area contributed by atoms with Crippen molar-refractivity contribution < 1.29 is 13.2 Å². The summed E-state index contributed by atoms with van der Waals surface area (Å²) in [5.41, 5.74) is 0. The molecule has 1 heterocycles. The number of hydrogen-bond donors (Lipinski definition) is 0. The molecular weight excluding hydrogens is 276 g/mol. The van der Waals surface area contributed by atoms with Crippen LogP contribution in [0, 0.1) is 0 Å². The summed E-state index contributed by atoms with van der Waals surface area (Å²) in [6.07, 6.45) is 0. The van der Waals surface area contributed by atoms with Gasteiger partial charge in [0.25, 0.3) is 0 Å². The van der Waals surface area contributed by atoms with E-state index in [1.807, 2.05) is 20.9 Å². The van der Waals surface area contributed by atoms with Gasteiger partial charge in [0.15, 0.2) is 0 Å². The Kier molecular flexibility index (Phi) is 4.67. The van der Waals surface area contributed by atoms with Crippen molar-refractivity contribution in [2.24, 2.45) is 0 Å². The molecule has 0 aromatic heterocycles. The molecule has 0 N–H and O–H groups in total. The maximum Gasteiger partial charge on any atom is 0.243 e. The van der Waals surface area contributed by atoms with Gasteiger partial charge >= 0.3 is 0 Å². The largest absolute Gasteiger partial charge is 0.494 e. The molecule has 1 fully saturated rings. The number of nitrogens with zero attached hydrogens (tertiary/aromatic N) is 2. The van der Waals surface area contributed by atoms with Crippen molar-refractivity contribution >= 4 is 10.0 Å². The van der Waals surface area contributed by atoms with Crippen LogP contribution in [-0.2, 0) is 10.0 Å². The lowest BCUT2D eigenvalue weighted by molar-refractivity contribution is 0.170. The van der Waals surface area contributed by atoms with E-state index in [1.54, 1.807) is 28.6 Å². The molecule has 1 atom stereocenters. The van der Waals surface area contributed by atoms with E-state index in [-0.39, 0.29) is 6.04 Å². The Hall–Kier alpha value is -1.11. The van der Waals surface area contributed by atoms with Crippen LogP contribution >= 0.6 is 0 Å². The molecule has 1 aliphatic heterocycles. The molecule has 20 heavy (non-hydrogen) atoms. The second-order valence-electron chi connectivity index (χ2n) is 5.13. The van der Waals surface area contributed by atoms with Gasteiger partial charge in [-0.2, -0.15) is 4.31 Å². The van der Waals surface area contributed by atoms with E-state index in [4.69, 9.17) is 4.74 Å². The number of benzene rings is 1. The quantitative estimate of drug-likeness (QED) is 0.843. The van der Waals surface area contributed by atoms with Crippen LogP contribution in [0.4, 0.5) is 0 Å². The average Bonchev–Trinajstić information content (AvgIpc) is 2.39. The second-order valence-corrected chi connectivity index (χ2v) is 7.02. The number of rotatable bonds is 4. The van der Waals surface area contributed by atoms with Crippen molar-refractivity contribution in [3.8, 4) is 5.75 Å². The molecule has 0 amide bonds. The first kappa shape index (κ1) is 15.3. The lowest BCUT2D eigenvalue weighted by atomic mass is 10.2. The summed E-state index contributed by atoms with van der Waals surface area (Å²) in [6.45, 7) is 6.48. The third-order valence-electron chi connectivity index (χ3n) is 3.51.